The molecule has 1 aliphatic rings. The SMILES string of the molecule is CCCC1(C(=O)NC(CO)C(C)C)CCNC1. The smallest absolute Gasteiger partial charge is 0.227 e. The molecular weight excluding hydrogens is 216 g/mol. The van der Waals surface area contributed by atoms with E-state index in [1.807, 2.05) is 13.8 Å². The second-order valence-electron chi connectivity index (χ2n) is 5.46. The fourth-order valence-electron chi connectivity index (χ4n) is 2.49. The Morgan fingerprint density at radius 2 is 2.24 bits per heavy atom. The lowest BCUT2D eigenvalue weighted by molar-refractivity contribution is -0.132. The third-order valence-electron chi connectivity index (χ3n) is 3.77. The minimum absolute atomic E-state index is 0.0129. The molecule has 0 aromatic heterocycles. The highest BCUT2D eigenvalue weighted by molar-refractivity contribution is 5.83. The Balaban J connectivity index is 2.65. The third kappa shape index (κ3) is 3.42. The number of hydrogen-bond acceptors (Lipinski definition) is 3. The summed E-state index contributed by atoms with van der Waals surface area (Å²) in [6.45, 7) is 7.83. The summed E-state index contributed by atoms with van der Waals surface area (Å²) in [5.74, 6) is 0.370. The standard InChI is InChI=1S/C13H26N2O2/c1-4-5-13(6-7-14-9-13)12(17)15-11(8-16)10(2)3/h10-11,14,16H,4-9H2,1-3H3,(H,15,17). The van der Waals surface area contributed by atoms with Crippen molar-refractivity contribution in [2.75, 3.05) is 19.7 Å². The van der Waals surface area contributed by atoms with E-state index in [-0.39, 0.29) is 29.9 Å². The number of amides is 1. The molecule has 0 aromatic rings. The number of nitrogens with one attached hydrogen (secondary N) is 2. The fraction of sp³-hybridized carbons (Fsp3) is 0.923. The fourth-order valence-corrected chi connectivity index (χ4v) is 2.49. The van der Waals surface area contributed by atoms with Crippen LogP contribution in [0.3, 0.4) is 0 Å². The molecule has 1 fully saturated rings. The van der Waals surface area contributed by atoms with Crippen LogP contribution in [0.4, 0.5) is 0 Å². The van der Waals surface area contributed by atoms with Crippen LogP contribution in [0.2, 0.25) is 0 Å². The molecule has 1 heterocycles. The molecular formula is C13H26N2O2. The second-order valence-corrected chi connectivity index (χ2v) is 5.46. The van der Waals surface area contributed by atoms with Crippen LogP contribution in [0.25, 0.3) is 0 Å². The van der Waals surface area contributed by atoms with Crippen LogP contribution in [-0.2, 0) is 4.79 Å². The number of carbonyl (C=O) groups is 1. The monoisotopic (exact) mass is 242 g/mol. The van der Waals surface area contributed by atoms with Gasteiger partial charge in [0, 0.05) is 6.54 Å². The largest absolute Gasteiger partial charge is 0.394 e. The van der Waals surface area contributed by atoms with Crippen LogP contribution in [0, 0.1) is 11.3 Å². The molecule has 0 bridgehead atoms. The Morgan fingerprint density at radius 1 is 1.53 bits per heavy atom. The Labute approximate surface area is 104 Å². The minimum atomic E-state index is -0.253. The lowest BCUT2D eigenvalue weighted by Crippen LogP contribution is -2.49. The molecule has 0 aromatic carbocycles. The molecule has 0 aliphatic carbocycles. The van der Waals surface area contributed by atoms with Gasteiger partial charge in [-0.15, -0.1) is 0 Å². The zero-order valence-corrected chi connectivity index (χ0v) is 11.3. The van der Waals surface area contributed by atoms with Crippen LogP contribution in [-0.4, -0.2) is 36.8 Å². The van der Waals surface area contributed by atoms with E-state index in [1.165, 1.54) is 0 Å². The van der Waals surface area contributed by atoms with Crippen LogP contribution in [0.15, 0.2) is 0 Å². The molecule has 100 valence electrons. The molecule has 1 saturated heterocycles. The van der Waals surface area contributed by atoms with Gasteiger partial charge in [-0.3, -0.25) is 4.79 Å². The molecule has 0 radical (unpaired) electrons. The van der Waals surface area contributed by atoms with Crippen molar-refractivity contribution in [3.63, 3.8) is 0 Å². The molecule has 2 unspecified atom stereocenters. The summed E-state index contributed by atoms with van der Waals surface area (Å²) < 4.78 is 0. The number of rotatable bonds is 6. The molecule has 3 N–H and O–H groups in total. The van der Waals surface area contributed by atoms with Gasteiger partial charge in [0.1, 0.15) is 0 Å². The van der Waals surface area contributed by atoms with Gasteiger partial charge in [0.15, 0.2) is 0 Å². The maximum atomic E-state index is 12.4. The van der Waals surface area contributed by atoms with E-state index in [2.05, 4.69) is 17.6 Å². The van der Waals surface area contributed by atoms with Crippen molar-refractivity contribution in [1.82, 2.24) is 10.6 Å². The van der Waals surface area contributed by atoms with Gasteiger partial charge in [-0.25, -0.2) is 0 Å². The van der Waals surface area contributed by atoms with Gasteiger partial charge in [0.25, 0.3) is 0 Å². The Morgan fingerprint density at radius 3 is 2.65 bits per heavy atom. The second kappa shape index (κ2) is 6.36. The van der Waals surface area contributed by atoms with Crippen molar-refractivity contribution < 1.29 is 9.90 Å². The molecule has 1 rings (SSSR count). The first-order valence-corrected chi connectivity index (χ1v) is 6.68. The van der Waals surface area contributed by atoms with Gasteiger partial charge in [0.2, 0.25) is 5.91 Å². The molecule has 2 atom stereocenters. The van der Waals surface area contributed by atoms with Gasteiger partial charge >= 0.3 is 0 Å². The number of aliphatic hydroxyl groups is 1. The molecule has 1 aliphatic heterocycles. The van der Waals surface area contributed by atoms with Crippen LogP contribution < -0.4 is 10.6 Å². The number of carbonyl (C=O) groups excluding carboxylic acids is 1. The van der Waals surface area contributed by atoms with E-state index < -0.39 is 0 Å². The first-order chi connectivity index (χ1) is 8.05. The normalized spacial score (nSPS) is 26.2. The summed E-state index contributed by atoms with van der Waals surface area (Å²) in [6.07, 6.45) is 2.84. The molecule has 4 nitrogen and oxygen atoms in total. The number of hydrogen-bond donors (Lipinski definition) is 3. The van der Waals surface area contributed by atoms with Crippen molar-refractivity contribution >= 4 is 5.91 Å². The Bertz CT molecular complexity index is 248. The van der Waals surface area contributed by atoms with Gasteiger partial charge < -0.3 is 15.7 Å². The molecule has 17 heavy (non-hydrogen) atoms. The van der Waals surface area contributed by atoms with E-state index in [0.29, 0.717) is 0 Å². The van der Waals surface area contributed by atoms with Crippen molar-refractivity contribution in [3.8, 4) is 0 Å². The quantitative estimate of drug-likeness (QED) is 0.648. The van der Waals surface area contributed by atoms with Crippen molar-refractivity contribution in [2.24, 2.45) is 11.3 Å². The highest BCUT2D eigenvalue weighted by Gasteiger charge is 2.40. The van der Waals surface area contributed by atoms with E-state index in [0.717, 1.165) is 32.4 Å². The summed E-state index contributed by atoms with van der Waals surface area (Å²) in [6, 6.07) is -0.128. The van der Waals surface area contributed by atoms with Crippen LogP contribution in [0.1, 0.15) is 40.0 Å². The molecule has 0 saturated carbocycles. The number of aliphatic hydroxyl groups excluding tert-OH is 1. The highest BCUT2D eigenvalue weighted by Crippen LogP contribution is 2.31. The van der Waals surface area contributed by atoms with E-state index >= 15 is 0 Å². The Hall–Kier alpha value is -0.610. The molecule has 1 amide bonds. The van der Waals surface area contributed by atoms with Gasteiger partial charge in [-0.1, -0.05) is 27.2 Å². The van der Waals surface area contributed by atoms with E-state index in [9.17, 15) is 9.90 Å². The van der Waals surface area contributed by atoms with E-state index in [4.69, 9.17) is 0 Å². The average Bonchev–Trinajstić information content (AvgIpc) is 2.75. The average molecular weight is 242 g/mol. The summed E-state index contributed by atoms with van der Waals surface area (Å²) in [7, 11) is 0. The van der Waals surface area contributed by atoms with Gasteiger partial charge in [-0.2, -0.15) is 0 Å². The first kappa shape index (κ1) is 14.5. The minimum Gasteiger partial charge on any atom is -0.394 e. The zero-order chi connectivity index (χ0) is 12.9. The van der Waals surface area contributed by atoms with Crippen LogP contribution >= 0.6 is 0 Å². The third-order valence-corrected chi connectivity index (χ3v) is 3.77. The summed E-state index contributed by atoms with van der Waals surface area (Å²) in [5, 5.41) is 15.6. The first-order valence-electron chi connectivity index (χ1n) is 6.68. The predicted octanol–water partition coefficient (Wildman–Crippen LogP) is 0.899. The Kier molecular flexibility index (Phi) is 5.40. The van der Waals surface area contributed by atoms with E-state index in [1.54, 1.807) is 0 Å². The van der Waals surface area contributed by atoms with Gasteiger partial charge in [0.05, 0.1) is 18.1 Å². The predicted molar refractivity (Wildman–Crippen MR) is 68.7 cm³/mol. The summed E-state index contributed by atoms with van der Waals surface area (Å²) in [5.41, 5.74) is -0.253. The molecule has 0 spiro atoms. The van der Waals surface area contributed by atoms with Crippen molar-refractivity contribution in [2.45, 2.75) is 46.1 Å². The lowest BCUT2D eigenvalue weighted by Gasteiger charge is -2.30. The molecule has 4 heteroatoms. The summed E-state index contributed by atoms with van der Waals surface area (Å²) >= 11 is 0. The highest BCUT2D eigenvalue weighted by atomic mass is 16.3. The summed E-state index contributed by atoms with van der Waals surface area (Å²) in [4.78, 5) is 12.4. The van der Waals surface area contributed by atoms with Crippen LogP contribution in [0.5, 0.6) is 0 Å². The maximum absolute atomic E-state index is 12.4. The maximum Gasteiger partial charge on any atom is 0.227 e. The van der Waals surface area contributed by atoms with Crippen molar-refractivity contribution in [1.29, 1.82) is 0 Å². The topological polar surface area (TPSA) is 61.4 Å². The zero-order valence-electron chi connectivity index (χ0n) is 11.3. The van der Waals surface area contributed by atoms with Gasteiger partial charge in [-0.05, 0) is 25.3 Å². The lowest BCUT2D eigenvalue weighted by atomic mass is 9.81. The van der Waals surface area contributed by atoms with Crippen molar-refractivity contribution in [3.05, 3.63) is 0 Å².